The van der Waals surface area contributed by atoms with Gasteiger partial charge in [0.25, 0.3) is 10.2 Å². The van der Waals surface area contributed by atoms with Crippen molar-refractivity contribution in [3.63, 3.8) is 0 Å². The second-order valence-corrected chi connectivity index (χ2v) is 6.32. The van der Waals surface area contributed by atoms with Crippen LogP contribution in [-0.4, -0.2) is 59.2 Å². The van der Waals surface area contributed by atoms with Crippen molar-refractivity contribution in [2.75, 3.05) is 40.9 Å². The monoisotopic (exact) mass is 251 g/mol. The Morgan fingerprint density at radius 1 is 1.50 bits per heavy atom. The fourth-order valence-electron chi connectivity index (χ4n) is 1.83. The average molecular weight is 251 g/mol. The number of nitrogens with zero attached hydrogens (tertiary/aromatic N) is 1. The predicted octanol–water partition coefficient (Wildman–Crippen LogP) is -0.849. The molecular formula is C9H21N3O3S. The number of ether oxygens (including phenoxy) is 1. The molecule has 1 heterocycles. The maximum atomic E-state index is 11.6. The summed E-state index contributed by atoms with van der Waals surface area (Å²) in [6.07, 6.45) is 1.98. The third kappa shape index (κ3) is 3.39. The van der Waals surface area contributed by atoms with E-state index in [0.29, 0.717) is 13.2 Å². The normalized spacial score (nSPS) is 26.5. The maximum Gasteiger partial charge on any atom is 0.278 e. The fraction of sp³-hybridized carbons (Fsp3) is 1.00. The number of hydrogen-bond donors (Lipinski definition) is 2. The number of hydrogen-bond acceptors (Lipinski definition) is 4. The highest BCUT2D eigenvalue weighted by Crippen LogP contribution is 2.19. The van der Waals surface area contributed by atoms with Gasteiger partial charge < -0.3 is 10.1 Å². The van der Waals surface area contributed by atoms with Crippen LogP contribution in [0.15, 0.2) is 0 Å². The van der Waals surface area contributed by atoms with Crippen LogP contribution < -0.4 is 10.0 Å². The van der Waals surface area contributed by atoms with E-state index in [0.717, 1.165) is 19.4 Å². The molecule has 0 aromatic carbocycles. The summed E-state index contributed by atoms with van der Waals surface area (Å²) >= 11 is 0. The number of rotatable bonds is 6. The van der Waals surface area contributed by atoms with Gasteiger partial charge in [-0.3, -0.25) is 0 Å². The summed E-state index contributed by atoms with van der Waals surface area (Å²) in [5.41, 5.74) is -0.252. The van der Waals surface area contributed by atoms with E-state index in [9.17, 15) is 8.42 Å². The van der Waals surface area contributed by atoms with Gasteiger partial charge in [0.15, 0.2) is 0 Å². The molecule has 1 saturated heterocycles. The highest BCUT2D eigenvalue weighted by molar-refractivity contribution is 7.87. The second kappa shape index (κ2) is 5.42. The van der Waals surface area contributed by atoms with E-state index < -0.39 is 10.2 Å². The minimum Gasteiger partial charge on any atom is -0.383 e. The summed E-state index contributed by atoms with van der Waals surface area (Å²) in [6, 6.07) is 0. The minimum atomic E-state index is -3.35. The first-order valence-corrected chi connectivity index (χ1v) is 6.77. The molecule has 2 N–H and O–H groups in total. The molecule has 1 fully saturated rings. The van der Waals surface area contributed by atoms with Crippen LogP contribution in [0, 0.1) is 0 Å². The molecule has 0 aromatic heterocycles. The van der Waals surface area contributed by atoms with Crippen LogP contribution in [0.2, 0.25) is 0 Å². The highest BCUT2D eigenvalue weighted by atomic mass is 32.2. The first-order chi connectivity index (χ1) is 7.42. The van der Waals surface area contributed by atoms with E-state index in [2.05, 4.69) is 10.0 Å². The van der Waals surface area contributed by atoms with Crippen molar-refractivity contribution in [2.24, 2.45) is 0 Å². The Bertz CT molecular complexity index is 310. The molecule has 6 nitrogen and oxygen atoms in total. The first-order valence-electron chi connectivity index (χ1n) is 5.33. The lowest BCUT2D eigenvalue weighted by Crippen LogP contribution is -2.54. The molecule has 1 rings (SSSR count). The van der Waals surface area contributed by atoms with Gasteiger partial charge >= 0.3 is 0 Å². The van der Waals surface area contributed by atoms with Crippen molar-refractivity contribution < 1.29 is 13.2 Å². The van der Waals surface area contributed by atoms with Crippen molar-refractivity contribution in [1.82, 2.24) is 14.3 Å². The Labute approximate surface area is 97.5 Å². The molecule has 0 bridgehead atoms. The van der Waals surface area contributed by atoms with Gasteiger partial charge in [0.05, 0.1) is 12.1 Å². The molecular weight excluding hydrogens is 230 g/mol. The predicted molar refractivity (Wildman–Crippen MR) is 62.5 cm³/mol. The Kier molecular flexibility index (Phi) is 4.69. The largest absolute Gasteiger partial charge is 0.383 e. The topological polar surface area (TPSA) is 70.7 Å². The van der Waals surface area contributed by atoms with Gasteiger partial charge in [-0.05, 0) is 19.4 Å². The number of methoxy groups -OCH3 is 1. The van der Waals surface area contributed by atoms with Crippen molar-refractivity contribution in [2.45, 2.75) is 18.4 Å². The molecule has 1 aliphatic heterocycles. The molecule has 1 unspecified atom stereocenters. The van der Waals surface area contributed by atoms with Crippen LogP contribution in [0.3, 0.4) is 0 Å². The van der Waals surface area contributed by atoms with E-state index >= 15 is 0 Å². The molecule has 0 amide bonds. The van der Waals surface area contributed by atoms with Crippen LogP contribution in [0.1, 0.15) is 12.8 Å². The zero-order valence-electron chi connectivity index (χ0n) is 10.1. The molecule has 0 aromatic rings. The van der Waals surface area contributed by atoms with E-state index in [-0.39, 0.29) is 5.54 Å². The molecule has 1 aliphatic rings. The molecule has 96 valence electrons. The summed E-state index contributed by atoms with van der Waals surface area (Å²) in [6.45, 7) is 1.79. The van der Waals surface area contributed by atoms with Gasteiger partial charge in [-0.15, -0.1) is 0 Å². The van der Waals surface area contributed by atoms with E-state index in [1.807, 2.05) is 0 Å². The van der Waals surface area contributed by atoms with Gasteiger partial charge in [-0.25, -0.2) is 4.72 Å². The van der Waals surface area contributed by atoms with Crippen molar-refractivity contribution in [3.05, 3.63) is 0 Å². The average Bonchev–Trinajstić information content (AvgIpc) is 2.65. The summed E-state index contributed by atoms with van der Waals surface area (Å²) in [5, 5.41) is 3.31. The third-order valence-corrected chi connectivity index (χ3v) is 4.30. The zero-order chi connectivity index (χ0) is 12.2. The van der Waals surface area contributed by atoms with Crippen molar-refractivity contribution in [3.8, 4) is 0 Å². The van der Waals surface area contributed by atoms with E-state index in [1.165, 1.54) is 18.4 Å². The Morgan fingerprint density at radius 2 is 2.19 bits per heavy atom. The van der Waals surface area contributed by atoms with Gasteiger partial charge in [-0.2, -0.15) is 12.7 Å². The highest BCUT2D eigenvalue weighted by Gasteiger charge is 2.34. The molecule has 0 spiro atoms. The standard InChI is InChI=1S/C9H21N3O3S/c1-12(2)16(13,14)11-7-9(8-15-3)5-4-6-10-9/h10-11H,4-8H2,1-3H3. The molecule has 1 atom stereocenters. The minimum absolute atomic E-state index is 0.252. The fourth-order valence-corrected chi connectivity index (χ4v) is 2.55. The first kappa shape index (κ1) is 13.9. The van der Waals surface area contributed by atoms with Gasteiger partial charge in [-0.1, -0.05) is 0 Å². The van der Waals surface area contributed by atoms with Crippen LogP contribution in [0.25, 0.3) is 0 Å². The van der Waals surface area contributed by atoms with Gasteiger partial charge in [0, 0.05) is 27.7 Å². The molecule has 0 radical (unpaired) electrons. The zero-order valence-corrected chi connectivity index (χ0v) is 10.9. The maximum absolute atomic E-state index is 11.6. The number of nitrogens with one attached hydrogen (secondary N) is 2. The van der Waals surface area contributed by atoms with Crippen LogP contribution >= 0.6 is 0 Å². The van der Waals surface area contributed by atoms with E-state index in [1.54, 1.807) is 7.11 Å². The summed E-state index contributed by atoms with van der Waals surface area (Å²) in [7, 11) is 1.29. The van der Waals surface area contributed by atoms with Crippen molar-refractivity contribution in [1.29, 1.82) is 0 Å². The van der Waals surface area contributed by atoms with Gasteiger partial charge in [0.2, 0.25) is 0 Å². The lowest BCUT2D eigenvalue weighted by Gasteiger charge is -2.29. The summed E-state index contributed by atoms with van der Waals surface area (Å²) in [5.74, 6) is 0. The summed E-state index contributed by atoms with van der Waals surface area (Å²) < 4.78 is 32.1. The second-order valence-electron chi connectivity index (χ2n) is 4.35. The Hall–Kier alpha value is -0.210. The van der Waals surface area contributed by atoms with Crippen LogP contribution in [0.5, 0.6) is 0 Å². The Balaban J connectivity index is 2.57. The van der Waals surface area contributed by atoms with E-state index in [4.69, 9.17) is 4.74 Å². The molecule has 0 aliphatic carbocycles. The smallest absolute Gasteiger partial charge is 0.278 e. The lowest BCUT2D eigenvalue weighted by atomic mass is 9.99. The SMILES string of the molecule is COCC1(CNS(=O)(=O)N(C)C)CCCN1. The quantitative estimate of drug-likeness (QED) is 0.645. The third-order valence-electron chi connectivity index (χ3n) is 2.83. The molecule has 0 saturated carbocycles. The van der Waals surface area contributed by atoms with Crippen LogP contribution in [0.4, 0.5) is 0 Å². The van der Waals surface area contributed by atoms with Gasteiger partial charge in [0.1, 0.15) is 0 Å². The summed E-state index contributed by atoms with van der Waals surface area (Å²) in [4.78, 5) is 0. The Morgan fingerprint density at radius 3 is 2.62 bits per heavy atom. The molecule has 16 heavy (non-hydrogen) atoms. The molecule has 7 heteroatoms. The van der Waals surface area contributed by atoms with Crippen molar-refractivity contribution >= 4 is 10.2 Å². The lowest BCUT2D eigenvalue weighted by molar-refractivity contribution is 0.122. The van der Waals surface area contributed by atoms with Crippen LogP contribution in [-0.2, 0) is 14.9 Å².